The smallest absolute Gasteiger partial charge is 0.164 e. The monoisotopic (exact) mass is 625 g/mol. The van der Waals surface area contributed by atoms with Crippen LogP contribution >= 0.6 is 0 Å². The molecular weight excluding hydrogens is 599 g/mol. The van der Waals surface area contributed by atoms with E-state index in [-0.39, 0.29) is 0 Å². The van der Waals surface area contributed by atoms with Gasteiger partial charge in [-0.3, -0.25) is 0 Å². The molecule has 228 valence electrons. The molecule has 0 atom stereocenters. The normalized spacial score (nSPS) is 11.7. The van der Waals surface area contributed by atoms with Crippen LogP contribution in [0.15, 0.2) is 168 Å². The summed E-state index contributed by atoms with van der Waals surface area (Å²) in [6, 6.07) is 56.9. The van der Waals surface area contributed by atoms with Crippen LogP contribution in [0.2, 0.25) is 0 Å². The molecule has 4 nitrogen and oxygen atoms in total. The van der Waals surface area contributed by atoms with E-state index >= 15 is 0 Å². The van der Waals surface area contributed by atoms with E-state index in [1.807, 2.05) is 78.9 Å². The van der Waals surface area contributed by atoms with Crippen molar-refractivity contribution < 1.29 is 4.42 Å². The first-order valence-electron chi connectivity index (χ1n) is 16.4. The molecule has 0 bridgehead atoms. The Morgan fingerprint density at radius 1 is 0.327 bits per heavy atom. The minimum Gasteiger partial charge on any atom is -0.456 e. The molecule has 8 aromatic carbocycles. The Bertz CT molecular complexity index is 2820. The summed E-state index contributed by atoms with van der Waals surface area (Å²) in [7, 11) is 0. The maximum Gasteiger partial charge on any atom is 0.164 e. The SMILES string of the molecule is c1ccc(-c2nc(-c3ccccc3)nc(-c3ccccc3-c3ccc4c(ccc5ccc6c(ccc7oc8ccccc8c76)c54)c3)n2)cc1. The average Bonchev–Trinajstić information content (AvgIpc) is 3.57. The number of hydrogen-bond donors (Lipinski definition) is 0. The summed E-state index contributed by atoms with van der Waals surface area (Å²) in [5, 5.41) is 9.60. The van der Waals surface area contributed by atoms with Crippen LogP contribution in [0, 0.1) is 0 Å². The molecule has 0 aliphatic heterocycles. The highest BCUT2D eigenvalue weighted by Crippen LogP contribution is 2.41. The molecule has 10 rings (SSSR count). The largest absolute Gasteiger partial charge is 0.456 e. The number of furan rings is 1. The highest BCUT2D eigenvalue weighted by atomic mass is 16.3. The van der Waals surface area contributed by atoms with E-state index in [0.717, 1.165) is 44.4 Å². The van der Waals surface area contributed by atoms with Gasteiger partial charge in [0, 0.05) is 27.5 Å². The van der Waals surface area contributed by atoms with Crippen LogP contribution in [0.3, 0.4) is 0 Å². The van der Waals surface area contributed by atoms with Gasteiger partial charge in [0.25, 0.3) is 0 Å². The Balaban J connectivity index is 1.16. The molecule has 0 radical (unpaired) electrons. The highest BCUT2D eigenvalue weighted by molar-refractivity contribution is 6.28. The Kier molecular flexibility index (Phi) is 6.15. The standard InChI is InChI=1S/C45H27N3O/c1-3-11-29(12-4-1)43-46-44(30-13-5-2-6-14-30)48-45(47-43)37-16-8-7-15-33(37)31-22-23-34-32(27-31)20-19-28-21-24-36-35(41(28)34)25-26-40-42(36)38-17-9-10-18-39(38)49-40/h1-27H. The van der Waals surface area contributed by atoms with Gasteiger partial charge in [0.05, 0.1) is 0 Å². The lowest BCUT2D eigenvalue weighted by Crippen LogP contribution is -2.01. The lowest BCUT2D eigenvalue weighted by atomic mass is 9.92. The fraction of sp³-hybridized carbons (Fsp3) is 0. The topological polar surface area (TPSA) is 51.8 Å². The first-order chi connectivity index (χ1) is 24.3. The fourth-order valence-electron chi connectivity index (χ4n) is 7.22. The summed E-state index contributed by atoms with van der Waals surface area (Å²) in [5.74, 6) is 1.94. The van der Waals surface area contributed by atoms with Crippen LogP contribution in [0.25, 0.3) is 99.5 Å². The van der Waals surface area contributed by atoms with Crippen LogP contribution in [-0.4, -0.2) is 15.0 Å². The lowest BCUT2D eigenvalue weighted by Gasteiger charge is -2.13. The maximum absolute atomic E-state index is 6.22. The van der Waals surface area contributed by atoms with E-state index in [0.29, 0.717) is 17.5 Å². The minimum atomic E-state index is 0.643. The van der Waals surface area contributed by atoms with Crippen molar-refractivity contribution in [3.63, 3.8) is 0 Å². The second kappa shape index (κ2) is 11.0. The molecule has 0 aliphatic rings. The summed E-state index contributed by atoms with van der Waals surface area (Å²) in [5.41, 5.74) is 6.86. The van der Waals surface area contributed by atoms with Crippen LogP contribution in [0.4, 0.5) is 0 Å². The van der Waals surface area contributed by atoms with E-state index in [4.69, 9.17) is 19.4 Å². The Morgan fingerprint density at radius 3 is 1.67 bits per heavy atom. The lowest BCUT2D eigenvalue weighted by molar-refractivity contribution is 0.669. The number of nitrogens with zero attached hydrogens (tertiary/aromatic N) is 3. The van der Waals surface area contributed by atoms with E-state index < -0.39 is 0 Å². The third kappa shape index (κ3) is 4.49. The van der Waals surface area contributed by atoms with Gasteiger partial charge < -0.3 is 4.42 Å². The van der Waals surface area contributed by atoms with Crippen LogP contribution < -0.4 is 0 Å². The third-order valence-corrected chi connectivity index (χ3v) is 9.51. The van der Waals surface area contributed by atoms with E-state index in [1.165, 1.54) is 37.7 Å². The van der Waals surface area contributed by atoms with Crippen molar-refractivity contribution in [2.24, 2.45) is 0 Å². The number of aromatic nitrogens is 3. The molecule has 0 amide bonds. The molecule has 0 spiro atoms. The van der Waals surface area contributed by atoms with E-state index in [9.17, 15) is 0 Å². The number of fused-ring (bicyclic) bond motifs is 9. The van der Waals surface area contributed by atoms with Gasteiger partial charge in [0.15, 0.2) is 17.5 Å². The molecule has 0 unspecified atom stereocenters. The highest BCUT2D eigenvalue weighted by Gasteiger charge is 2.17. The summed E-state index contributed by atoms with van der Waals surface area (Å²) < 4.78 is 6.22. The van der Waals surface area contributed by atoms with Crippen molar-refractivity contribution in [2.75, 3.05) is 0 Å². The number of benzene rings is 8. The van der Waals surface area contributed by atoms with Gasteiger partial charge in [-0.05, 0) is 67.7 Å². The Morgan fingerprint density at radius 2 is 0.898 bits per heavy atom. The quantitative estimate of drug-likeness (QED) is 0.183. The Hall–Kier alpha value is -6.65. The minimum absolute atomic E-state index is 0.643. The first-order valence-corrected chi connectivity index (χ1v) is 16.4. The summed E-state index contributed by atoms with van der Waals surface area (Å²) in [4.78, 5) is 15.0. The Labute approximate surface area is 282 Å². The molecule has 0 aliphatic carbocycles. The molecule has 0 N–H and O–H groups in total. The average molecular weight is 626 g/mol. The van der Waals surface area contributed by atoms with Crippen LogP contribution in [0.1, 0.15) is 0 Å². The predicted molar refractivity (Wildman–Crippen MR) is 201 cm³/mol. The maximum atomic E-state index is 6.22. The number of hydrogen-bond acceptors (Lipinski definition) is 4. The zero-order chi connectivity index (χ0) is 32.3. The molecule has 10 aromatic rings. The molecule has 4 heteroatoms. The molecular formula is C45H27N3O. The third-order valence-electron chi connectivity index (χ3n) is 9.51. The number of rotatable bonds is 4. The van der Waals surface area contributed by atoms with Gasteiger partial charge >= 0.3 is 0 Å². The van der Waals surface area contributed by atoms with Gasteiger partial charge in [-0.25, -0.2) is 15.0 Å². The number of para-hydroxylation sites is 1. The van der Waals surface area contributed by atoms with Gasteiger partial charge in [0.1, 0.15) is 11.2 Å². The van der Waals surface area contributed by atoms with Crippen molar-refractivity contribution >= 4 is 54.3 Å². The van der Waals surface area contributed by atoms with Crippen molar-refractivity contribution in [2.45, 2.75) is 0 Å². The molecule has 2 heterocycles. The van der Waals surface area contributed by atoms with Crippen molar-refractivity contribution in [1.82, 2.24) is 15.0 Å². The van der Waals surface area contributed by atoms with E-state index in [2.05, 4.69) is 84.9 Å². The summed E-state index contributed by atoms with van der Waals surface area (Å²) >= 11 is 0. The van der Waals surface area contributed by atoms with Crippen LogP contribution in [-0.2, 0) is 0 Å². The van der Waals surface area contributed by atoms with Gasteiger partial charge in [-0.2, -0.15) is 0 Å². The van der Waals surface area contributed by atoms with Gasteiger partial charge in [-0.1, -0.05) is 140 Å². The van der Waals surface area contributed by atoms with Crippen molar-refractivity contribution in [3.05, 3.63) is 164 Å². The zero-order valence-electron chi connectivity index (χ0n) is 26.3. The van der Waals surface area contributed by atoms with Crippen molar-refractivity contribution in [3.8, 4) is 45.3 Å². The van der Waals surface area contributed by atoms with Crippen LogP contribution in [0.5, 0.6) is 0 Å². The molecule has 49 heavy (non-hydrogen) atoms. The summed E-state index contributed by atoms with van der Waals surface area (Å²) in [6.45, 7) is 0. The molecule has 0 saturated carbocycles. The van der Waals surface area contributed by atoms with Gasteiger partial charge in [0.2, 0.25) is 0 Å². The summed E-state index contributed by atoms with van der Waals surface area (Å²) in [6.07, 6.45) is 0. The fourth-order valence-corrected chi connectivity index (χ4v) is 7.22. The van der Waals surface area contributed by atoms with E-state index in [1.54, 1.807) is 0 Å². The second-order valence-electron chi connectivity index (χ2n) is 12.4. The predicted octanol–water partition coefficient (Wildman–Crippen LogP) is 11.9. The molecule has 0 fully saturated rings. The first kappa shape index (κ1) is 27.5. The van der Waals surface area contributed by atoms with Gasteiger partial charge in [-0.15, -0.1) is 0 Å². The molecule has 0 saturated heterocycles. The zero-order valence-corrected chi connectivity index (χ0v) is 26.3. The van der Waals surface area contributed by atoms with Crippen molar-refractivity contribution in [1.29, 1.82) is 0 Å². The second-order valence-corrected chi connectivity index (χ2v) is 12.4. The molecule has 2 aromatic heterocycles.